The molecule has 0 amide bonds. The molecule has 7 heteroatoms. The lowest BCUT2D eigenvalue weighted by atomic mass is 10.00. The lowest BCUT2D eigenvalue weighted by Crippen LogP contribution is -2.26. The summed E-state index contributed by atoms with van der Waals surface area (Å²) in [6.45, 7) is 0. The summed E-state index contributed by atoms with van der Waals surface area (Å²) in [6.07, 6.45) is 5.12. The lowest BCUT2D eigenvalue weighted by molar-refractivity contribution is 0.446. The quantitative estimate of drug-likeness (QED) is 0.643. The summed E-state index contributed by atoms with van der Waals surface area (Å²) in [4.78, 5) is 13.0. The molecule has 5 nitrogen and oxygen atoms in total. The Morgan fingerprint density at radius 3 is 2.14 bits per heavy atom. The zero-order valence-electron chi connectivity index (χ0n) is 16.0. The maximum Gasteiger partial charge on any atom is 0.267 e. The molecule has 1 saturated carbocycles. The van der Waals surface area contributed by atoms with Gasteiger partial charge in [-0.2, -0.15) is 5.10 Å². The van der Waals surface area contributed by atoms with Crippen molar-refractivity contribution in [3.05, 3.63) is 70.8 Å². The van der Waals surface area contributed by atoms with Crippen LogP contribution in [0.1, 0.15) is 31.7 Å². The normalized spacial score (nSPS) is 15.0. The minimum absolute atomic E-state index is 0.0726. The van der Waals surface area contributed by atoms with Crippen LogP contribution >= 0.6 is 0 Å². The van der Waals surface area contributed by atoms with Crippen LogP contribution < -0.4 is 5.56 Å². The number of nitrogens with zero attached hydrogens (tertiary/aromatic N) is 2. The van der Waals surface area contributed by atoms with E-state index in [9.17, 15) is 17.6 Å². The van der Waals surface area contributed by atoms with Crippen LogP contribution in [0.2, 0.25) is 0 Å². The molecule has 0 spiro atoms. The standard InChI is InChI=1S/C22H21FN2O3S/c1-29(27,28)19-12-8-15(9-13-19)20-14-21(26)25(18-4-2-3-5-18)24-22(20)16-6-10-17(23)11-7-16/h6-14,18H,2-5H2,1H3. The zero-order chi connectivity index (χ0) is 20.6. The molecule has 3 aromatic rings. The van der Waals surface area contributed by atoms with Crippen molar-refractivity contribution >= 4 is 9.84 Å². The first-order valence-electron chi connectivity index (χ1n) is 9.53. The van der Waals surface area contributed by atoms with Gasteiger partial charge in [0.2, 0.25) is 0 Å². The van der Waals surface area contributed by atoms with Gasteiger partial charge in [0.1, 0.15) is 5.82 Å². The SMILES string of the molecule is CS(=O)(=O)c1ccc(-c2cc(=O)n(C3CCCC3)nc2-c2ccc(F)cc2)cc1. The Hall–Kier alpha value is -2.80. The minimum Gasteiger partial charge on any atom is -0.268 e. The third-order valence-corrected chi connectivity index (χ3v) is 6.47. The van der Waals surface area contributed by atoms with Gasteiger partial charge in [0.15, 0.2) is 9.84 Å². The predicted octanol–water partition coefficient (Wildman–Crippen LogP) is 4.24. The fraction of sp³-hybridized carbons (Fsp3) is 0.273. The minimum atomic E-state index is -3.32. The fourth-order valence-electron chi connectivity index (χ4n) is 3.80. The largest absolute Gasteiger partial charge is 0.268 e. The molecule has 150 valence electrons. The summed E-state index contributed by atoms with van der Waals surface area (Å²) in [5, 5.41) is 4.67. The van der Waals surface area contributed by atoms with Crippen molar-refractivity contribution in [2.45, 2.75) is 36.6 Å². The monoisotopic (exact) mass is 412 g/mol. The highest BCUT2D eigenvalue weighted by Gasteiger charge is 2.22. The van der Waals surface area contributed by atoms with E-state index in [1.54, 1.807) is 35.0 Å². The topological polar surface area (TPSA) is 69.0 Å². The number of hydrogen-bond donors (Lipinski definition) is 0. The van der Waals surface area contributed by atoms with Gasteiger partial charge in [-0.15, -0.1) is 0 Å². The van der Waals surface area contributed by atoms with E-state index in [1.807, 2.05) is 0 Å². The third-order valence-electron chi connectivity index (χ3n) is 5.34. The van der Waals surface area contributed by atoms with Crippen molar-refractivity contribution in [3.63, 3.8) is 0 Å². The second kappa shape index (κ2) is 7.55. The van der Waals surface area contributed by atoms with Crippen molar-refractivity contribution in [2.24, 2.45) is 0 Å². The molecule has 0 atom stereocenters. The van der Waals surface area contributed by atoms with Gasteiger partial charge in [-0.25, -0.2) is 17.5 Å². The Labute approximate surface area is 168 Å². The van der Waals surface area contributed by atoms with Gasteiger partial charge in [0.05, 0.1) is 16.6 Å². The first-order chi connectivity index (χ1) is 13.8. The number of benzene rings is 2. The maximum atomic E-state index is 13.4. The smallest absolute Gasteiger partial charge is 0.267 e. The molecule has 0 saturated heterocycles. The van der Waals surface area contributed by atoms with E-state index >= 15 is 0 Å². The summed E-state index contributed by atoms with van der Waals surface area (Å²) in [7, 11) is -3.32. The summed E-state index contributed by atoms with van der Waals surface area (Å²) < 4.78 is 38.5. The highest BCUT2D eigenvalue weighted by atomic mass is 32.2. The predicted molar refractivity (Wildman–Crippen MR) is 110 cm³/mol. The molecular formula is C22H21FN2O3S. The first-order valence-corrected chi connectivity index (χ1v) is 11.4. The molecule has 0 bridgehead atoms. The van der Waals surface area contributed by atoms with Gasteiger partial charge in [0, 0.05) is 23.4 Å². The molecule has 1 aliphatic rings. The Morgan fingerprint density at radius 1 is 0.966 bits per heavy atom. The average molecular weight is 412 g/mol. The summed E-state index contributed by atoms with van der Waals surface area (Å²) >= 11 is 0. The van der Waals surface area contributed by atoms with Crippen LogP contribution in [-0.2, 0) is 9.84 Å². The van der Waals surface area contributed by atoms with E-state index < -0.39 is 9.84 Å². The highest BCUT2D eigenvalue weighted by Crippen LogP contribution is 2.33. The molecule has 0 radical (unpaired) electrons. The average Bonchev–Trinajstić information content (AvgIpc) is 3.22. The van der Waals surface area contributed by atoms with E-state index in [1.165, 1.54) is 24.3 Å². The second-order valence-electron chi connectivity index (χ2n) is 7.43. The van der Waals surface area contributed by atoms with Gasteiger partial charge in [-0.1, -0.05) is 25.0 Å². The number of aromatic nitrogens is 2. The van der Waals surface area contributed by atoms with Crippen LogP contribution in [0.5, 0.6) is 0 Å². The van der Waals surface area contributed by atoms with Crippen molar-refractivity contribution in [2.75, 3.05) is 6.26 Å². The van der Waals surface area contributed by atoms with Gasteiger partial charge in [0.25, 0.3) is 5.56 Å². The van der Waals surface area contributed by atoms with Gasteiger partial charge >= 0.3 is 0 Å². The molecule has 1 fully saturated rings. The molecule has 1 aliphatic carbocycles. The van der Waals surface area contributed by atoms with E-state index in [2.05, 4.69) is 5.10 Å². The van der Waals surface area contributed by atoms with Crippen molar-refractivity contribution in [1.82, 2.24) is 9.78 Å². The van der Waals surface area contributed by atoms with Crippen molar-refractivity contribution in [1.29, 1.82) is 0 Å². The molecule has 1 aromatic heterocycles. The summed E-state index contributed by atoms with van der Waals surface area (Å²) in [5.74, 6) is -0.350. The summed E-state index contributed by atoms with van der Waals surface area (Å²) in [5.41, 5.74) is 2.35. The van der Waals surface area contributed by atoms with E-state index in [4.69, 9.17) is 0 Å². The van der Waals surface area contributed by atoms with E-state index in [0.717, 1.165) is 31.9 Å². The molecular weight excluding hydrogens is 391 g/mol. The maximum absolute atomic E-state index is 13.4. The highest BCUT2D eigenvalue weighted by molar-refractivity contribution is 7.90. The van der Waals surface area contributed by atoms with Gasteiger partial charge in [-0.05, 0) is 54.8 Å². The molecule has 2 aromatic carbocycles. The Balaban J connectivity index is 1.89. The number of rotatable bonds is 4. The van der Waals surface area contributed by atoms with Crippen LogP contribution in [-0.4, -0.2) is 24.5 Å². The van der Waals surface area contributed by atoms with Crippen LogP contribution in [0.25, 0.3) is 22.4 Å². The molecule has 0 unspecified atom stereocenters. The molecule has 1 heterocycles. The van der Waals surface area contributed by atoms with Crippen LogP contribution in [0.4, 0.5) is 4.39 Å². The molecule has 0 aliphatic heterocycles. The molecule has 4 rings (SSSR count). The van der Waals surface area contributed by atoms with Crippen LogP contribution in [0.3, 0.4) is 0 Å². The number of halogens is 1. The summed E-state index contributed by atoms with van der Waals surface area (Å²) in [6, 6.07) is 14.0. The van der Waals surface area contributed by atoms with E-state index in [0.29, 0.717) is 22.4 Å². The van der Waals surface area contributed by atoms with Crippen molar-refractivity contribution < 1.29 is 12.8 Å². The fourth-order valence-corrected chi connectivity index (χ4v) is 4.43. The Kier molecular flexibility index (Phi) is 5.08. The lowest BCUT2D eigenvalue weighted by Gasteiger charge is -2.16. The molecule has 29 heavy (non-hydrogen) atoms. The Morgan fingerprint density at radius 2 is 1.55 bits per heavy atom. The van der Waals surface area contributed by atoms with Crippen molar-refractivity contribution in [3.8, 4) is 22.4 Å². The second-order valence-corrected chi connectivity index (χ2v) is 9.45. The zero-order valence-corrected chi connectivity index (χ0v) is 16.8. The van der Waals surface area contributed by atoms with Crippen LogP contribution in [0, 0.1) is 5.82 Å². The first kappa shape index (κ1) is 19.5. The van der Waals surface area contributed by atoms with E-state index in [-0.39, 0.29) is 22.3 Å². The van der Waals surface area contributed by atoms with Gasteiger partial charge in [-0.3, -0.25) is 4.79 Å². The third kappa shape index (κ3) is 4.00. The van der Waals surface area contributed by atoms with Crippen LogP contribution in [0.15, 0.2) is 64.3 Å². The number of sulfone groups is 1. The van der Waals surface area contributed by atoms with Gasteiger partial charge < -0.3 is 0 Å². The molecule has 0 N–H and O–H groups in total. The Bertz CT molecular complexity index is 1190. The number of hydrogen-bond acceptors (Lipinski definition) is 4.